The third kappa shape index (κ3) is 3.15. The minimum Gasteiger partial charge on any atom is -0.305 e. The summed E-state index contributed by atoms with van der Waals surface area (Å²) in [7, 11) is 4.16. The summed E-state index contributed by atoms with van der Waals surface area (Å²) in [4.78, 5) is 4.49. The molecule has 2 atom stereocenters. The first kappa shape index (κ1) is 10.8. The molecule has 1 aliphatic rings. The largest absolute Gasteiger partial charge is 0.305 e. The van der Waals surface area contributed by atoms with Crippen molar-refractivity contribution >= 4 is 11.6 Å². The molecule has 0 aromatic carbocycles. The molecule has 0 saturated carbocycles. The molecular formula is C9H16ClN3. The fourth-order valence-electron chi connectivity index (χ4n) is 1.71. The van der Waals surface area contributed by atoms with Gasteiger partial charge in [0.25, 0.3) is 0 Å². The zero-order valence-corrected chi connectivity index (χ0v) is 8.96. The van der Waals surface area contributed by atoms with Gasteiger partial charge in [0, 0.05) is 19.1 Å². The van der Waals surface area contributed by atoms with E-state index in [4.69, 9.17) is 16.9 Å². The Morgan fingerprint density at radius 2 is 2.46 bits per heavy atom. The number of hydrogen-bond donors (Lipinski definition) is 0. The highest BCUT2D eigenvalue weighted by Crippen LogP contribution is 2.13. The molecule has 3 nitrogen and oxygen atoms in total. The zero-order valence-electron chi connectivity index (χ0n) is 8.20. The minimum atomic E-state index is -0.379. The molecule has 0 spiro atoms. The van der Waals surface area contributed by atoms with Crippen LogP contribution in [0.5, 0.6) is 0 Å². The number of likely N-dealkylation sites (tertiary alicyclic amines) is 1. The maximum Gasteiger partial charge on any atom is 0.133 e. The molecule has 1 aliphatic heterocycles. The molecule has 1 heterocycles. The average molecular weight is 202 g/mol. The molecule has 0 aliphatic carbocycles. The predicted octanol–water partition coefficient (Wildman–Crippen LogP) is 0.753. The second-order valence-electron chi connectivity index (χ2n) is 3.74. The van der Waals surface area contributed by atoms with E-state index in [1.165, 1.54) is 6.42 Å². The molecule has 4 heteroatoms. The van der Waals surface area contributed by atoms with Crippen LogP contribution in [0.1, 0.15) is 6.42 Å². The van der Waals surface area contributed by atoms with Crippen molar-refractivity contribution in [2.24, 2.45) is 0 Å². The van der Waals surface area contributed by atoms with Crippen LogP contribution >= 0.6 is 11.6 Å². The summed E-state index contributed by atoms with van der Waals surface area (Å²) in [6.45, 7) is 2.90. The van der Waals surface area contributed by atoms with Gasteiger partial charge in [-0.2, -0.15) is 5.26 Å². The standard InChI is InChI=1S/C9H16ClN3/c1-12-4-3-9(7-12)13(2)6-8(10)5-11/h8-9H,3-4,6-7H2,1-2H3. The molecular weight excluding hydrogens is 186 g/mol. The Labute approximate surface area is 84.9 Å². The van der Waals surface area contributed by atoms with Gasteiger partial charge in [-0.3, -0.25) is 4.90 Å². The molecule has 2 unspecified atom stereocenters. The summed E-state index contributed by atoms with van der Waals surface area (Å²) in [6.07, 6.45) is 1.18. The smallest absolute Gasteiger partial charge is 0.133 e. The monoisotopic (exact) mass is 201 g/mol. The fourth-order valence-corrected chi connectivity index (χ4v) is 1.93. The van der Waals surface area contributed by atoms with Crippen molar-refractivity contribution in [1.82, 2.24) is 9.80 Å². The van der Waals surface area contributed by atoms with Crippen molar-refractivity contribution in [2.45, 2.75) is 17.8 Å². The molecule has 0 aromatic rings. The molecule has 0 aromatic heterocycles. The van der Waals surface area contributed by atoms with Gasteiger partial charge in [-0.1, -0.05) is 0 Å². The van der Waals surface area contributed by atoms with Crippen LogP contribution in [0.15, 0.2) is 0 Å². The van der Waals surface area contributed by atoms with Crippen molar-refractivity contribution in [1.29, 1.82) is 5.26 Å². The highest BCUT2D eigenvalue weighted by atomic mass is 35.5. The second-order valence-corrected chi connectivity index (χ2v) is 4.27. The second kappa shape index (κ2) is 4.80. The maximum absolute atomic E-state index is 8.56. The van der Waals surface area contributed by atoms with Crippen molar-refractivity contribution < 1.29 is 0 Å². The molecule has 0 N–H and O–H groups in total. The van der Waals surface area contributed by atoms with Crippen LogP contribution in [0.3, 0.4) is 0 Å². The van der Waals surface area contributed by atoms with E-state index in [-0.39, 0.29) is 5.38 Å². The predicted molar refractivity (Wildman–Crippen MR) is 53.8 cm³/mol. The normalized spacial score (nSPS) is 26.2. The van der Waals surface area contributed by atoms with E-state index in [1.807, 2.05) is 13.1 Å². The van der Waals surface area contributed by atoms with Crippen LogP contribution in [0.2, 0.25) is 0 Å². The Morgan fingerprint density at radius 1 is 1.77 bits per heavy atom. The minimum absolute atomic E-state index is 0.379. The number of alkyl halides is 1. The van der Waals surface area contributed by atoms with Gasteiger partial charge in [0.05, 0.1) is 6.07 Å². The van der Waals surface area contributed by atoms with Crippen LogP contribution in [0.4, 0.5) is 0 Å². The number of nitriles is 1. The van der Waals surface area contributed by atoms with E-state index in [9.17, 15) is 0 Å². The van der Waals surface area contributed by atoms with Crippen molar-refractivity contribution in [2.75, 3.05) is 33.7 Å². The van der Waals surface area contributed by atoms with Crippen LogP contribution < -0.4 is 0 Å². The Hall–Kier alpha value is -0.300. The maximum atomic E-state index is 8.56. The van der Waals surface area contributed by atoms with Gasteiger partial charge in [-0.25, -0.2) is 0 Å². The van der Waals surface area contributed by atoms with Gasteiger partial charge in [-0.05, 0) is 27.1 Å². The first-order chi connectivity index (χ1) is 6.13. The third-order valence-electron chi connectivity index (χ3n) is 2.58. The molecule has 1 saturated heterocycles. The Balaban J connectivity index is 2.32. The number of halogens is 1. The van der Waals surface area contributed by atoms with Crippen molar-refractivity contribution in [3.63, 3.8) is 0 Å². The van der Waals surface area contributed by atoms with Gasteiger partial charge in [-0.15, -0.1) is 11.6 Å². The highest BCUT2D eigenvalue weighted by molar-refractivity contribution is 6.22. The summed E-state index contributed by atoms with van der Waals surface area (Å²) in [5.41, 5.74) is 0. The van der Waals surface area contributed by atoms with Crippen LogP contribution in [0, 0.1) is 11.3 Å². The van der Waals surface area contributed by atoms with E-state index in [1.54, 1.807) is 0 Å². The topological polar surface area (TPSA) is 30.3 Å². The summed E-state index contributed by atoms with van der Waals surface area (Å²) in [5.74, 6) is 0. The molecule has 1 fully saturated rings. The molecule has 1 rings (SSSR count). The summed E-state index contributed by atoms with van der Waals surface area (Å²) >= 11 is 5.76. The fraction of sp³-hybridized carbons (Fsp3) is 0.889. The number of nitrogens with zero attached hydrogens (tertiary/aromatic N) is 3. The van der Waals surface area contributed by atoms with Gasteiger partial charge >= 0.3 is 0 Å². The Bertz CT molecular complexity index is 202. The van der Waals surface area contributed by atoms with Crippen molar-refractivity contribution in [3.8, 4) is 6.07 Å². The van der Waals surface area contributed by atoms with E-state index in [0.717, 1.165) is 13.1 Å². The van der Waals surface area contributed by atoms with Gasteiger partial charge in [0.1, 0.15) is 5.38 Å². The zero-order chi connectivity index (χ0) is 9.84. The van der Waals surface area contributed by atoms with E-state index in [2.05, 4.69) is 16.8 Å². The van der Waals surface area contributed by atoms with Gasteiger partial charge < -0.3 is 4.90 Å². The molecule has 74 valence electrons. The Kier molecular flexibility index (Phi) is 3.98. The van der Waals surface area contributed by atoms with Crippen LogP contribution in [-0.4, -0.2) is 54.9 Å². The summed E-state index contributed by atoms with van der Waals surface area (Å²) in [6, 6.07) is 2.61. The lowest BCUT2D eigenvalue weighted by Crippen LogP contribution is -2.37. The number of rotatable bonds is 3. The van der Waals surface area contributed by atoms with Crippen LogP contribution in [0.25, 0.3) is 0 Å². The number of likely N-dealkylation sites (N-methyl/N-ethyl adjacent to an activating group) is 2. The van der Waals surface area contributed by atoms with Gasteiger partial charge in [0.15, 0.2) is 0 Å². The molecule has 0 radical (unpaired) electrons. The molecule has 0 amide bonds. The quantitative estimate of drug-likeness (QED) is 0.632. The Morgan fingerprint density at radius 3 is 2.92 bits per heavy atom. The van der Waals surface area contributed by atoms with Crippen molar-refractivity contribution in [3.05, 3.63) is 0 Å². The molecule has 13 heavy (non-hydrogen) atoms. The van der Waals surface area contributed by atoms with E-state index >= 15 is 0 Å². The summed E-state index contributed by atoms with van der Waals surface area (Å²) < 4.78 is 0. The first-order valence-electron chi connectivity index (χ1n) is 4.56. The molecule has 0 bridgehead atoms. The lowest BCUT2D eigenvalue weighted by Gasteiger charge is -2.24. The van der Waals surface area contributed by atoms with E-state index < -0.39 is 0 Å². The van der Waals surface area contributed by atoms with Crippen LogP contribution in [-0.2, 0) is 0 Å². The summed E-state index contributed by atoms with van der Waals surface area (Å²) in [5, 5.41) is 8.18. The lowest BCUT2D eigenvalue weighted by molar-refractivity contribution is 0.248. The third-order valence-corrected chi connectivity index (χ3v) is 2.81. The first-order valence-corrected chi connectivity index (χ1v) is 4.99. The SMILES string of the molecule is CN1CCC(N(C)CC(Cl)C#N)C1. The van der Waals surface area contributed by atoms with Gasteiger partial charge in [0.2, 0.25) is 0 Å². The lowest BCUT2D eigenvalue weighted by atomic mass is 10.2. The number of hydrogen-bond acceptors (Lipinski definition) is 3. The van der Waals surface area contributed by atoms with E-state index in [0.29, 0.717) is 12.6 Å². The average Bonchev–Trinajstić information content (AvgIpc) is 2.51. The highest BCUT2D eigenvalue weighted by Gasteiger charge is 2.24.